The molecule has 0 aliphatic rings. The lowest BCUT2D eigenvalue weighted by atomic mass is 10.1. The number of nitrogens with zero attached hydrogens (tertiary/aromatic N) is 2. The second-order valence-electron chi connectivity index (χ2n) is 7.96. The number of aromatic hydroxyl groups is 1. The SMILES string of the molecule is Cc1c(NS(=O)(=O)c2cccc([N+](=O)[O-])c2)cc(-n2c(C)c(C)c3ccccc32)c(O)c1C. The molecule has 4 aromatic rings. The van der Waals surface area contributed by atoms with Gasteiger partial charge in [0.2, 0.25) is 0 Å². The Morgan fingerprint density at radius 2 is 1.64 bits per heavy atom. The lowest BCUT2D eigenvalue weighted by Crippen LogP contribution is -2.15. The van der Waals surface area contributed by atoms with Gasteiger partial charge in [0.15, 0.2) is 0 Å². The van der Waals surface area contributed by atoms with Crippen molar-refractivity contribution in [2.75, 3.05) is 4.72 Å². The average molecular weight is 466 g/mol. The van der Waals surface area contributed by atoms with E-state index in [-0.39, 0.29) is 22.0 Å². The molecular weight excluding hydrogens is 442 g/mol. The molecule has 2 N–H and O–H groups in total. The van der Waals surface area contributed by atoms with Crippen molar-refractivity contribution in [3.8, 4) is 11.4 Å². The second-order valence-corrected chi connectivity index (χ2v) is 9.65. The summed E-state index contributed by atoms with van der Waals surface area (Å²) in [5.41, 5.74) is 4.35. The monoisotopic (exact) mass is 465 g/mol. The van der Waals surface area contributed by atoms with Crippen molar-refractivity contribution in [3.05, 3.63) is 87.1 Å². The summed E-state index contributed by atoms with van der Waals surface area (Å²) in [6.07, 6.45) is 0. The van der Waals surface area contributed by atoms with E-state index in [0.29, 0.717) is 16.8 Å². The largest absolute Gasteiger partial charge is 0.505 e. The maximum absolute atomic E-state index is 13.1. The summed E-state index contributed by atoms with van der Waals surface area (Å²) in [5.74, 6) is 0.0506. The summed E-state index contributed by atoms with van der Waals surface area (Å²) >= 11 is 0. The van der Waals surface area contributed by atoms with Crippen LogP contribution in [-0.4, -0.2) is 23.0 Å². The third kappa shape index (κ3) is 3.70. The molecule has 4 rings (SSSR count). The molecule has 0 amide bonds. The fourth-order valence-corrected chi connectivity index (χ4v) is 5.12. The molecule has 33 heavy (non-hydrogen) atoms. The number of phenols is 1. The van der Waals surface area contributed by atoms with E-state index in [1.54, 1.807) is 19.9 Å². The highest BCUT2D eigenvalue weighted by atomic mass is 32.2. The minimum Gasteiger partial charge on any atom is -0.505 e. The highest BCUT2D eigenvalue weighted by molar-refractivity contribution is 7.92. The molecule has 1 aromatic heterocycles. The molecule has 0 aliphatic heterocycles. The Labute approximate surface area is 191 Å². The van der Waals surface area contributed by atoms with Crippen LogP contribution in [0, 0.1) is 37.8 Å². The van der Waals surface area contributed by atoms with Crippen LogP contribution in [0.5, 0.6) is 5.75 Å². The number of para-hydroxylation sites is 1. The van der Waals surface area contributed by atoms with Crippen molar-refractivity contribution in [2.45, 2.75) is 32.6 Å². The summed E-state index contributed by atoms with van der Waals surface area (Å²) < 4.78 is 30.6. The Balaban J connectivity index is 1.89. The van der Waals surface area contributed by atoms with Crippen molar-refractivity contribution < 1.29 is 18.4 Å². The molecule has 0 atom stereocenters. The van der Waals surface area contributed by atoms with E-state index in [4.69, 9.17) is 0 Å². The predicted molar refractivity (Wildman–Crippen MR) is 128 cm³/mol. The molecule has 0 saturated heterocycles. The molecule has 0 saturated carbocycles. The van der Waals surface area contributed by atoms with Gasteiger partial charge in [-0.3, -0.25) is 14.8 Å². The number of hydrogen-bond acceptors (Lipinski definition) is 5. The maximum atomic E-state index is 13.1. The Kier molecular flexibility index (Phi) is 5.37. The second kappa shape index (κ2) is 7.93. The van der Waals surface area contributed by atoms with Crippen LogP contribution < -0.4 is 4.72 Å². The number of benzene rings is 3. The van der Waals surface area contributed by atoms with Crippen LogP contribution in [0.25, 0.3) is 16.6 Å². The average Bonchev–Trinajstić information content (AvgIpc) is 3.04. The van der Waals surface area contributed by atoms with Crippen molar-refractivity contribution >= 4 is 32.3 Å². The number of nitrogens with one attached hydrogen (secondary N) is 1. The van der Waals surface area contributed by atoms with Crippen molar-refractivity contribution in [1.29, 1.82) is 0 Å². The summed E-state index contributed by atoms with van der Waals surface area (Å²) in [4.78, 5) is 10.2. The number of anilines is 1. The number of hydrogen-bond donors (Lipinski definition) is 2. The Morgan fingerprint density at radius 3 is 2.33 bits per heavy atom. The molecule has 0 aliphatic carbocycles. The zero-order valence-electron chi connectivity index (χ0n) is 18.6. The van der Waals surface area contributed by atoms with E-state index in [0.717, 1.165) is 28.2 Å². The number of nitro benzene ring substituents is 1. The van der Waals surface area contributed by atoms with Gasteiger partial charge in [0.25, 0.3) is 15.7 Å². The molecule has 3 aromatic carbocycles. The quantitative estimate of drug-likeness (QED) is 0.236. The van der Waals surface area contributed by atoms with E-state index in [1.165, 1.54) is 18.2 Å². The lowest BCUT2D eigenvalue weighted by Gasteiger charge is -2.19. The van der Waals surface area contributed by atoms with Crippen LogP contribution in [0.15, 0.2) is 59.5 Å². The fourth-order valence-electron chi connectivity index (χ4n) is 3.97. The first-order valence-corrected chi connectivity index (χ1v) is 11.7. The van der Waals surface area contributed by atoms with Crippen LogP contribution >= 0.6 is 0 Å². The Bertz CT molecular complexity index is 1540. The number of rotatable bonds is 5. The number of phenolic OH excluding ortho intramolecular Hbond substituents is 1. The summed E-state index contributed by atoms with van der Waals surface area (Å²) in [6, 6.07) is 14.2. The molecule has 0 spiro atoms. The van der Waals surface area contributed by atoms with E-state index in [9.17, 15) is 23.6 Å². The summed E-state index contributed by atoms with van der Waals surface area (Å²) in [5, 5.41) is 23.1. The maximum Gasteiger partial charge on any atom is 0.270 e. The van der Waals surface area contributed by atoms with Crippen LogP contribution in [0.4, 0.5) is 11.4 Å². The lowest BCUT2D eigenvalue weighted by molar-refractivity contribution is -0.385. The van der Waals surface area contributed by atoms with Crippen LogP contribution in [0.2, 0.25) is 0 Å². The Morgan fingerprint density at radius 1 is 0.939 bits per heavy atom. The van der Waals surface area contributed by atoms with Gasteiger partial charge in [0.05, 0.1) is 26.7 Å². The highest BCUT2D eigenvalue weighted by Gasteiger charge is 2.23. The first-order chi connectivity index (χ1) is 15.5. The zero-order valence-corrected chi connectivity index (χ0v) is 19.4. The van der Waals surface area contributed by atoms with Crippen LogP contribution in [0.1, 0.15) is 22.4 Å². The number of non-ortho nitro benzene ring substituents is 1. The smallest absolute Gasteiger partial charge is 0.270 e. The third-order valence-corrected chi connectivity index (χ3v) is 7.46. The Hall–Kier alpha value is -3.85. The number of sulfonamides is 1. The van der Waals surface area contributed by atoms with Gasteiger partial charge in [-0.25, -0.2) is 8.42 Å². The van der Waals surface area contributed by atoms with Gasteiger partial charge < -0.3 is 9.67 Å². The predicted octanol–water partition coefficient (Wildman–Crippen LogP) is 5.28. The molecule has 8 nitrogen and oxygen atoms in total. The van der Waals surface area contributed by atoms with Crippen molar-refractivity contribution in [1.82, 2.24) is 4.57 Å². The summed E-state index contributed by atoms with van der Waals surface area (Å²) in [7, 11) is -4.11. The molecule has 170 valence electrons. The van der Waals surface area contributed by atoms with Gasteiger partial charge >= 0.3 is 0 Å². The highest BCUT2D eigenvalue weighted by Crippen LogP contribution is 2.38. The van der Waals surface area contributed by atoms with Crippen molar-refractivity contribution in [2.24, 2.45) is 0 Å². The van der Waals surface area contributed by atoms with E-state index < -0.39 is 14.9 Å². The minimum absolute atomic E-state index is 0.0506. The molecule has 0 bridgehead atoms. The molecular formula is C24H23N3O5S. The summed E-state index contributed by atoms with van der Waals surface area (Å²) in [6.45, 7) is 7.36. The van der Waals surface area contributed by atoms with E-state index in [1.807, 2.05) is 42.7 Å². The first kappa shape index (κ1) is 22.3. The molecule has 0 unspecified atom stereocenters. The molecule has 1 heterocycles. The van der Waals surface area contributed by atoms with Gasteiger partial charge in [0, 0.05) is 23.2 Å². The third-order valence-electron chi connectivity index (χ3n) is 6.10. The molecule has 0 radical (unpaired) electrons. The van der Waals surface area contributed by atoms with Crippen LogP contribution in [-0.2, 0) is 10.0 Å². The van der Waals surface area contributed by atoms with Gasteiger partial charge in [-0.2, -0.15) is 0 Å². The number of aryl methyl sites for hydroxylation is 1. The fraction of sp³-hybridized carbons (Fsp3) is 0.167. The van der Waals surface area contributed by atoms with Gasteiger partial charge in [-0.1, -0.05) is 24.3 Å². The van der Waals surface area contributed by atoms with E-state index >= 15 is 0 Å². The zero-order chi connectivity index (χ0) is 24.1. The molecule has 0 fully saturated rings. The minimum atomic E-state index is -4.11. The standard InChI is InChI=1S/C24H23N3O5S/c1-14-15(2)24(28)23(26-17(4)16(3)20-10-5-6-11-22(20)26)13-21(14)25-33(31,32)19-9-7-8-18(12-19)27(29)30/h5-13,25,28H,1-4H3. The number of nitro groups is 1. The normalized spacial score (nSPS) is 11.6. The van der Waals surface area contributed by atoms with Gasteiger partial charge in [-0.05, 0) is 62.6 Å². The van der Waals surface area contributed by atoms with Gasteiger partial charge in [-0.15, -0.1) is 0 Å². The first-order valence-electron chi connectivity index (χ1n) is 10.2. The number of aromatic nitrogens is 1. The number of fused-ring (bicyclic) bond motifs is 1. The van der Waals surface area contributed by atoms with Gasteiger partial charge in [0.1, 0.15) is 5.75 Å². The van der Waals surface area contributed by atoms with Crippen molar-refractivity contribution in [3.63, 3.8) is 0 Å². The molecule has 9 heteroatoms. The topological polar surface area (TPSA) is 114 Å². The van der Waals surface area contributed by atoms with E-state index in [2.05, 4.69) is 4.72 Å². The van der Waals surface area contributed by atoms with Crippen LogP contribution in [0.3, 0.4) is 0 Å².